The lowest BCUT2D eigenvalue weighted by Gasteiger charge is -2.15. The largest absolute Gasteiger partial charge is 1.00 e. The Labute approximate surface area is 122 Å². The third-order valence-electron chi connectivity index (χ3n) is 3.05. The number of benzene rings is 1. The molecular formula is C13H23ClN2O2S. The zero-order chi connectivity index (χ0) is 13.4. The standard InChI is InChI=1S/C13H22N2O2S.ClH/c1-3-15(4-2)12-8-11-14-18(16,17)13-9-6-5-7-10-13;/h5-7,9-10,14H,3-4,8,11-12H2,1-2H3;1H. The van der Waals surface area contributed by atoms with Crippen molar-refractivity contribution in [2.45, 2.75) is 25.2 Å². The van der Waals surface area contributed by atoms with Crippen molar-refractivity contribution in [1.82, 2.24) is 4.72 Å². The summed E-state index contributed by atoms with van der Waals surface area (Å²) >= 11 is 0. The molecule has 0 fully saturated rings. The van der Waals surface area contributed by atoms with Crippen molar-refractivity contribution in [2.75, 3.05) is 26.2 Å². The van der Waals surface area contributed by atoms with Crippen LogP contribution >= 0.6 is 0 Å². The average molecular weight is 307 g/mol. The lowest BCUT2D eigenvalue weighted by atomic mass is 10.4. The van der Waals surface area contributed by atoms with Gasteiger partial charge in [-0.05, 0) is 26.0 Å². The molecule has 1 aromatic rings. The number of nitrogens with one attached hydrogen (secondary N) is 2. The van der Waals surface area contributed by atoms with Gasteiger partial charge in [-0.25, -0.2) is 13.1 Å². The number of quaternary nitrogens is 1. The van der Waals surface area contributed by atoms with Crippen LogP contribution in [-0.4, -0.2) is 34.6 Å². The minimum absolute atomic E-state index is 0. The molecule has 0 aliphatic rings. The van der Waals surface area contributed by atoms with E-state index in [1.54, 1.807) is 24.3 Å². The molecule has 0 aliphatic carbocycles. The molecule has 0 heterocycles. The van der Waals surface area contributed by atoms with Crippen LogP contribution in [0.3, 0.4) is 0 Å². The van der Waals surface area contributed by atoms with Gasteiger partial charge < -0.3 is 17.3 Å². The van der Waals surface area contributed by atoms with Gasteiger partial charge in [-0.3, -0.25) is 0 Å². The molecule has 1 aromatic carbocycles. The molecule has 2 N–H and O–H groups in total. The van der Waals surface area contributed by atoms with Crippen molar-refractivity contribution in [1.29, 1.82) is 0 Å². The van der Waals surface area contributed by atoms with Crippen LogP contribution in [0.15, 0.2) is 35.2 Å². The summed E-state index contributed by atoms with van der Waals surface area (Å²) in [4.78, 5) is 1.83. The predicted molar refractivity (Wildman–Crippen MR) is 73.2 cm³/mol. The minimum Gasteiger partial charge on any atom is -1.00 e. The van der Waals surface area contributed by atoms with Crippen LogP contribution in [0.1, 0.15) is 20.3 Å². The molecule has 0 saturated carbocycles. The summed E-state index contributed by atoms with van der Waals surface area (Å²) in [5, 5.41) is 0. The molecule has 0 radical (unpaired) electrons. The van der Waals surface area contributed by atoms with Crippen LogP contribution < -0.4 is 22.0 Å². The molecule has 0 saturated heterocycles. The summed E-state index contributed by atoms with van der Waals surface area (Å²) in [6.45, 7) is 7.97. The second-order valence-electron chi connectivity index (χ2n) is 4.27. The first-order valence-electron chi connectivity index (χ1n) is 6.48. The van der Waals surface area contributed by atoms with Gasteiger partial charge in [0.2, 0.25) is 10.0 Å². The zero-order valence-electron chi connectivity index (χ0n) is 11.5. The lowest BCUT2D eigenvalue weighted by molar-refractivity contribution is -0.896. The van der Waals surface area contributed by atoms with Gasteiger partial charge in [0.1, 0.15) is 0 Å². The van der Waals surface area contributed by atoms with Gasteiger partial charge in [0.05, 0.1) is 24.5 Å². The summed E-state index contributed by atoms with van der Waals surface area (Å²) in [6, 6.07) is 8.49. The molecule has 0 spiro atoms. The minimum atomic E-state index is -3.33. The second kappa shape index (κ2) is 9.31. The first kappa shape index (κ1) is 18.4. The quantitative estimate of drug-likeness (QED) is 0.513. The van der Waals surface area contributed by atoms with E-state index >= 15 is 0 Å². The van der Waals surface area contributed by atoms with Gasteiger partial charge in [-0.15, -0.1) is 0 Å². The van der Waals surface area contributed by atoms with Crippen molar-refractivity contribution >= 4 is 10.0 Å². The highest BCUT2D eigenvalue weighted by atomic mass is 35.5. The Hall–Kier alpha value is -0.620. The Kier molecular flexibility index (Phi) is 9.01. The molecule has 110 valence electrons. The zero-order valence-corrected chi connectivity index (χ0v) is 13.1. The summed E-state index contributed by atoms with van der Waals surface area (Å²) in [5.74, 6) is 0. The molecule has 1 rings (SSSR count). The molecule has 0 amide bonds. The first-order valence-corrected chi connectivity index (χ1v) is 7.96. The van der Waals surface area contributed by atoms with E-state index in [4.69, 9.17) is 0 Å². The summed E-state index contributed by atoms with van der Waals surface area (Å²) in [6.07, 6.45) is 0.864. The maximum atomic E-state index is 11.9. The number of hydrogen-bond acceptors (Lipinski definition) is 2. The Morgan fingerprint density at radius 3 is 2.21 bits per heavy atom. The van der Waals surface area contributed by atoms with Gasteiger partial charge in [0.15, 0.2) is 0 Å². The molecular weight excluding hydrogens is 284 g/mol. The van der Waals surface area contributed by atoms with E-state index in [1.807, 2.05) is 6.07 Å². The third kappa shape index (κ3) is 6.38. The highest BCUT2D eigenvalue weighted by molar-refractivity contribution is 7.89. The van der Waals surface area contributed by atoms with Gasteiger partial charge in [-0.2, -0.15) is 0 Å². The van der Waals surface area contributed by atoms with Crippen LogP contribution in [0.4, 0.5) is 0 Å². The van der Waals surface area contributed by atoms with Crippen LogP contribution in [0.25, 0.3) is 0 Å². The van der Waals surface area contributed by atoms with E-state index in [1.165, 1.54) is 4.90 Å². The van der Waals surface area contributed by atoms with Gasteiger partial charge in [-0.1, -0.05) is 18.2 Å². The summed E-state index contributed by atoms with van der Waals surface area (Å²) < 4.78 is 26.4. The van der Waals surface area contributed by atoms with Crippen molar-refractivity contribution in [2.24, 2.45) is 0 Å². The summed E-state index contributed by atoms with van der Waals surface area (Å²) in [5.41, 5.74) is 0. The number of rotatable bonds is 8. The Morgan fingerprint density at radius 2 is 1.68 bits per heavy atom. The third-order valence-corrected chi connectivity index (χ3v) is 4.53. The average Bonchev–Trinajstić information content (AvgIpc) is 2.40. The smallest absolute Gasteiger partial charge is 0.240 e. The molecule has 6 heteroatoms. The molecule has 0 aliphatic heterocycles. The molecule has 0 bridgehead atoms. The number of sulfonamides is 1. The van der Waals surface area contributed by atoms with Crippen LogP contribution in [-0.2, 0) is 10.0 Å². The molecule has 0 unspecified atom stereocenters. The Morgan fingerprint density at radius 1 is 1.11 bits per heavy atom. The first-order chi connectivity index (χ1) is 8.60. The van der Waals surface area contributed by atoms with Crippen LogP contribution in [0.5, 0.6) is 0 Å². The van der Waals surface area contributed by atoms with Crippen LogP contribution in [0.2, 0.25) is 0 Å². The monoisotopic (exact) mass is 306 g/mol. The number of hydrogen-bond donors (Lipinski definition) is 2. The highest BCUT2D eigenvalue weighted by Crippen LogP contribution is 2.06. The molecule has 0 aromatic heterocycles. The fraction of sp³-hybridized carbons (Fsp3) is 0.538. The number of halogens is 1. The Balaban J connectivity index is 0.00000324. The second-order valence-corrected chi connectivity index (χ2v) is 6.04. The van der Waals surface area contributed by atoms with Gasteiger partial charge in [0, 0.05) is 13.0 Å². The van der Waals surface area contributed by atoms with E-state index in [-0.39, 0.29) is 12.4 Å². The van der Waals surface area contributed by atoms with E-state index in [0.717, 1.165) is 26.1 Å². The van der Waals surface area contributed by atoms with Crippen molar-refractivity contribution in [3.05, 3.63) is 30.3 Å². The normalized spacial score (nSPS) is 11.3. The van der Waals surface area contributed by atoms with Gasteiger partial charge in [0.25, 0.3) is 0 Å². The van der Waals surface area contributed by atoms with E-state index < -0.39 is 10.0 Å². The molecule has 19 heavy (non-hydrogen) atoms. The van der Waals surface area contributed by atoms with Crippen molar-refractivity contribution in [3.63, 3.8) is 0 Å². The Bertz CT molecular complexity index is 433. The van der Waals surface area contributed by atoms with E-state index in [9.17, 15) is 8.42 Å². The lowest BCUT2D eigenvalue weighted by Crippen LogP contribution is -3.11. The topological polar surface area (TPSA) is 50.6 Å². The molecule has 4 nitrogen and oxygen atoms in total. The molecule has 0 atom stereocenters. The van der Waals surface area contributed by atoms with Crippen molar-refractivity contribution < 1.29 is 25.7 Å². The van der Waals surface area contributed by atoms with Crippen molar-refractivity contribution in [3.8, 4) is 0 Å². The van der Waals surface area contributed by atoms with E-state index in [2.05, 4.69) is 18.6 Å². The fourth-order valence-electron chi connectivity index (χ4n) is 1.83. The SMILES string of the molecule is CC[NH+](CC)CCCNS(=O)(=O)c1ccccc1.[Cl-]. The fourth-order valence-corrected chi connectivity index (χ4v) is 2.93. The highest BCUT2D eigenvalue weighted by Gasteiger charge is 2.12. The maximum absolute atomic E-state index is 11.9. The summed E-state index contributed by atoms with van der Waals surface area (Å²) in [7, 11) is -3.33. The van der Waals surface area contributed by atoms with E-state index in [0.29, 0.717) is 11.4 Å². The van der Waals surface area contributed by atoms with Gasteiger partial charge >= 0.3 is 0 Å². The predicted octanol–water partition coefficient (Wildman–Crippen LogP) is -2.72. The van der Waals surface area contributed by atoms with Crippen LogP contribution in [0, 0.1) is 0 Å². The maximum Gasteiger partial charge on any atom is 0.240 e.